The van der Waals surface area contributed by atoms with Gasteiger partial charge < -0.3 is 14.3 Å². The van der Waals surface area contributed by atoms with E-state index in [1.165, 1.54) is 23.1 Å². The Morgan fingerprint density at radius 1 is 0.935 bits per heavy atom. The fourth-order valence-electron chi connectivity index (χ4n) is 5.04. The summed E-state index contributed by atoms with van der Waals surface area (Å²) >= 11 is 3.02. The number of fused-ring (bicyclic) bond motifs is 2. The molecule has 0 atom stereocenters. The lowest BCUT2D eigenvalue weighted by Crippen LogP contribution is -2.44. The number of thioether (sulfide) groups is 1. The second-order valence-corrected chi connectivity index (χ2v) is 15.8. The van der Waals surface area contributed by atoms with Gasteiger partial charge in [0.1, 0.15) is 4.70 Å². The van der Waals surface area contributed by atoms with Crippen molar-refractivity contribution >= 4 is 77.5 Å². The number of hydrogen-bond donors (Lipinski definition) is 2. The van der Waals surface area contributed by atoms with Gasteiger partial charge in [0.25, 0.3) is 25.2 Å². The molecule has 0 bridgehead atoms. The largest absolute Gasteiger partial charge is 0.403 e. The van der Waals surface area contributed by atoms with E-state index in [2.05, 4.69) is 0 Å². The number of rotatable bonds is 12. The molecule has 46 heavy (non-hydrogen) atoms. The molecule has 3 heterocycles. The zero-order valence-corrected chi connectivity index (χ0v) is 28.3. The van der Waals surface area contributed by atoms with Crippen molar-refractivity contribution in [3.05, 3.63) is 92.0 Å². The van der Waals surface area contributed by atoms with Crippen LogP contribution in [0.5, 0.6) is 0 Å². The van der Waals surface area contributed by atoms with Gasteiger partial charge in [0.2, 0.25) is 11.1 Å². The van der Waals surface area contributed by atoms with Crippen LogP contribution >= 0.6 is 23.1 Å². The second kappa shape index (κ2) is 14.0. The monoisotopic (exact) mass is 705 g/mol. The first kappa shape index (κ1) is 33.7. The molecule has 0 unspecified atom stereocenters. The Bertz CT molecular complexity index is 2220. The van der Waals surface area contributed by atoms with Crippen molar-refractivity contribution in [2.45, 2.75) is 24.3 Å². The normalized spacial score (nSPS) is 15.6. The molecule has 0 amide bonds. The van der Waals surface area contributed by atoms with E-state index < -0.39 is 25.9 Å². The molecule has 0 aliphatic carbocycles. The molecule has 2 aromatic carbocycles. The number of aryl methyl sites for hydroxylation is 1. The summed E-state index contributed by atoms with van der Waals surface area (Å²) in [5.41, 5.74) is 1.58. The number of allylic oxidation sites excluding steroid dienone is 2. The molecule has 0 saturated heterocycles. The highest BCUT2D eigenvalue weighted by molar-refractivity contribution is 8.03. The predicted octanol–water partition coefficient (Wildman–Crippen LogP) is 2.42. The molecule has 2 N–H and O–H groups in total. The minimum atomic E-state index is -4.09. The van der Waals surface area contributed by atoms with Gasteiger partial charge in [-0.2, -0.15) is 21.4 Å². The molecule has 4 aromatic rings. The molecular weight excluding hydrogens is 673 g/mol. The highest BCUT2D eigenvalue weighted by atomic mass is 32.2. The molecular formula is C30H33N4O8S4+. The van der Waals surface area contributed by atoms with Crippen LogP contribution in [0.1, 0.15) is 17.8 Å². The molecule has 244 valence electrons. The smallest absolute Gasteiger partial charge is 0.363 e. The Morgan fingerprint density at radius 2 is 1.63 bits per heavy atom. The van der Waals surface area contributed by atoms with E-state index in [0.29, 0.717) is 13.1 Å². The number of para-hydroxylation sites is 2. The van der Waals surface area contributed by atoms with E-state index >= 15 is 0 Å². The molecule has 5 rings (SSSR count). The van der Waals surface area contributed by atoms with Crippen LogP contribution in [0.25, 0.3) is 28.4 Å². The van der Waals surface area contributed by atoms with Crippen molar-refractivity contribution in [3.8, 4) is 0 Å². The van der Waals surface area contributed by atoms with E-state index in [1.807, 2.05) is 64.1 Å². The van der Waals surface area contributed by atoms with Crippen molar-refractivity contribution in [2.75, 3.05) is 42.1 Å². The minimum Gasteiger partial charge on any atom is -0.403 e. The Labute approximate surface area is 274 Å². The lowest BCUT2D eigenvalue weighted by molar-refractivity contribution is -0.668. The number of aromatic nitrogens is 2. The summed E-state index contributed by atoms with van der Waals surface area (Å²) in [6.07, 6.45) is 9.18. The summed E-state index contributed by atoms with van der Waals surface area (Å²) in [5, 5.41) is 3.62. The summed E-state index contributed by atoms with van der Waals surface area (Å²) in [6.45, 7) is 0.735. The summed E-state index contributed by atoms with van der Waals surface area (Å²) in [5.74, 6) is -0.706. The number of thiazole rings is 1. The average molecular weight is 706 g/mol. The quantitative estimate of drug-likeness (QED) is 0.165. The fraction of sp³-hybridized carbons (Fsp3) is 0.267. The van der Waals surface area contributed by atoms with Gasteiger partial charge >= 0.3 is 5.63 Å². The van der Waals surface area contributed by atoms with Crippen LogP contribution in [0.3, 0.4) is 0 Å². The first-order chi connectivity index (χ1) is 21.8. The van der Waals surface area contributed by atoms with Crippen LogP contribution in [0.2, 0.25) is 0 Å². The molecule has 12 nitrogen and oxygen atoms in total. The Balaban J connectivity index is 1.48. The van der Waals surface area contributed by atoms with Crippen molar-refractivity contribution in [1.82, 2.24) is 4.68 Å². The molecule has 0 fully saturated rings. The van der Waals surface area contributed by atoms with Gasteiger partial charge in [-0.05, 0) is 42.8 Å². The number of nitrogens with zero attached hydrogens (tertiary/aromatic N) is 4. The van der Waals surface area contributed by atoms with Gasteiger partial charge in [-0.25, -0.2) is 9.47 Å². The standard InChI is InChI=1S/C30H32N4O8S4/c1-31(2)34-24(16-17-29-33(19-9-21-46(39,40)41)23-11-4-6-13-26(23)44-29)30(35)42-27(34)14-7-15-28-32(18-8-20-45(36,37)38)22-10-3-5-12-25(22)43-28/h3-7,10-17H,8-9,18-21H2,1-2H3,(H-,36,37,38,39,40,41)/p+1. The minimum absolute atomic E-state index is 0.215. The third-order valence-corrected chi connectivity index (χ3v) is 10.8. The SMILES string of the molecule is CN(C)n1c(=CC=Cc2sc3ccccc3[n+]2CCCS(=O)(=O)O)oc(=O)c1=CC=C1Sc2ccccc2N1CCCS(=O)(=O)O. The zero-order chi connectivity index (χ0) is 33.1. The second-order valence-electron chi connectivity index (χ2n) is 10.5. The maximum absolute atomic E-state index is 13.1. The van der Waals surface area contributed by atoms with Gasteiger partial charge in [-0.3, -0.25) is 9.11 Å². The van der Waals surface area contributed by atoms with E-state index in [-0.39, 0.29) is 35.2 Å². The van der Waals surface area contributed by atoms with Crippen LogP contribution in [0, 0.1) is 0 Å². The lowest BCUT2D eigenvalue weighted by atomic mass is 10.3. The predicted molar refractivity (Wildman–Crippen MR) is 182 cm³/mol. The summed E-state index contributed by atoms with van der Waals surface area (Å²) in [7, 11) is -4.62. The molecule has 1 aliphatic heterocycles. The summed E-state index contributed by atoms with van der Waals surface area (Å²) in [6, 6.07) is 15.5. The first-order valence-electron chi connectivity index (χ1n) is 14.2. The lowest BCUT2D eigenvalue weighted by Gasteiger charge is -2.20. The third kappa shape index (κ3) is 8.18. The van der Waals surface area contributed by atoms with Crippen molar-refractivity contribution < 1.29 is 34.9 Å². The number of hydrogen-bond acceptors (Lipinski definition) is 10. The zero-order valence-electron chi connectivity index (χ0n) is 25.0. The number of benzene rings is 2. The van der Waals surface area contributed by atoms with E-state index in [0.717, 1.165) is 30.8 Å². The van der Waals surface area contributed by atoms with Crippen molar-refractivity contribution in [3.63, 3.8) is 0 Å². The fourth-order valence-corrected chi connectivity index (χ4v) is 8.22. The van der Waals surface area contributed by atoms with E-state index in [4.69, 9.17) is 4.42 Å². The van der Waals surface area contributed by atoms with Crippen molar-refractivity contribution in [1.29, 1.82) is 0 Å². The Morgan fingerprint density at radius 3 is 2.37 bits per heavy atom. The van der Waals surface area contributed by atoms with E-state index in [9.17, 15) is 30.7 Å². The van der Waals surface area contributed by atoms with Crippen LogP contribution in [0.4, 0.5) is 5.69 Å². The molecule has 1 aliphatic rings. The molecule has 16 heteroatoms. The average Bonchev–Trinajstić information content (AvgIpc) is 3.61. The summed E-state index contributed by atoms with van der Waals surface area (Å²) < 4.78 is 73.7. The van der Waals surface area contributed by atoms with E-state index in [1.54, 1.807) is 48.1 Å². The van der Waals surface area contributed by atoms with Gasteiger partial charge in [0.05, 0.1) is 22.2 Å². The summed E-state index contributed by atoms with van der Waals surface area (Å²) in [4.78, 5) is 16.0. The van der Waals surface area contributed by atoms with Crippen LogP contribution in [-0.2, 0) is 26.8 Å². The van der Waals surface area contributed by atoms with Crippen LogP contribution < -0.4 is 31.0 Å². The van der Waals surface area contributed by atoms with Gasteiger partial charge in [0.15, 0.2) is 11.9 Å². The maximum Gasteiger partial charge on any atom is 0.363 e. The third-order valence-electron chi connectivity index (χ3n) is 6.95. The molecule has 0 saturated carbocycles. The van der Waals surface area contributed by atoms with Gasteiger partial charge in [0, 0.05) is 50.2 Å². The van der Waals surface area contributed by atoms with Crippen LogP contribution in [0.15, 0.2) is 79.8 Å². The number of anilines is 1. The number of oxazole rings is 1. The highest BCUT2D eigenvalue weighted by Crippen LogP contribution is 2.45. The molecule has 0 radical (unpaired) electrons. The topological polar surface area (TPSA) is 154 Å². The van der Waals surface area contributed by atoms with Gasteiger partial charge in [-0.15, -0.1) is 0 Å². The van der Waals surface area contributed by atoms with Crippen LogP contribution in [-0.4, -0.2) is 62.8 Å². The van der Waals surface area contributed by atoms with Crippen molar-refractivity contribution in [2.24, 2.45) is 0 Å². The first-order valence-corrected chi connectivity index (χ1v) is 19.0. The Hall–Kier alpha value is -3.67. The Kier molecular flexibility index (Phi) is 10.2. The maximum atomic E-state index is 13.1. The molecule has 2 aromatic heterocycles. The highest BCUT2D eigenvalue weighted by Gasteiger charge is 2.25. The van der Waals surface area contributed by atoms with Gasteiger partial charge in [-0.1, -0.05) is 47.4 Å². The molecule has 0 spiro atoms.